The Kier molecular flexibility index (Phi) is 3.23. The van der Waals surface area contributed by atoms with Gasteiger partial charge in [0.25, 0.3) is 0 Å². The Bertz CT molecular complexity index is 638. The number of hydrogen-bond acceptors (Lipinski definition) is 5. The van der Waals surface area contributed by atoms with Gasteiger partial charge in [0.15, 0.2) is 5.82 Å². The van der Waals surface area contributed by atoms with Gasteiger partial charge in [-0.2, -0.15) is 4.98 Å². The van der Waals surface area contributed by atoms with Crippen LogP contribution in [0.5, 0.6) is 0 Å². The number of carboxylic acids is 1. The van der Waals surface area contributed by atoms with Crippen molar-refractivity contribution in [3.63, 3.8) is 0 Å². The molecule has 0 amide bonds. The predicted octanol–water partition coefficient (Wildman–Crippen LogP) is 1.39. The molecule has 0 saturated carbocycles. The number of rotatable bonds is 3. The first-order chi connectivity index (χ1) is 9.63. The van der Waals surface area contributed by atoms with E-state index in [0.29, 0.717) is 31.2 Å². The largest absolute Gasteiger partial charge is 0.480 e. The summed E-state index contributed by atoms with van der Waals surface area (Å²) in [4.78, 5) is 17.5. The van der Waals surface area contributed by atoms with Crippen molar-refractivity contribution < 1.29 is 14.4 Å². The second kappa shape index (κ2) is 5.05. The van der Waals surface area contributed by atoms with Gasteiger partial charge < -0.3 is 9.63 Å². The molecule has 1 aromatic heterocycles. The Morgan fingerprint density at radius 3 is 2.85 bits per heavy atom. The molecule has 0 fully saturated rings. The number of carbonyl (C=O) groups is 1. The molecule has 1 aliphatic heterocycles. The van der Waals surface area contributed by atoms with Gasteiger partial charge in [-0.1, -0.05) is 29.4 Å². The Hall–Kier alpha value is -2.21. The first-order valence-electron chi connectivity index (χ1n) is 6.46. The number of carboxylic acid groups (broad SMARTS) is 1. The zero-order chi connectivity index (χ0) is 14.1. The Morgan fingerprint density at radius 1 is 1.45 bits per heavy atom. The molecule has 6 heteroatoms. The van der Waals surface area contributed by atoms with E-state index >= 15 is 0 Å². The zero-order valence-corrected chi connectivity index (χ0v) is 11.1. The predicted molar refractivity (Wildman–Crippen MR) is 69.9 cm³/mol. The van der Waals surface area contributed by atoms with Gasteiger partial charge in [-0.25, -0.2) is 0 Å². The Labute approximate surface area is 116 Å². The van der Waals surface area contributed by atoms with E-state index in [-0.39, 0.29) is 0 Å². The highest BCUT2D eigenvalue weighted by Crippen LogP contribution is 2.24. The maximum absolute atomic E-state index is 11.5. The summed E-state index contributed by atoms with van der Waals surface area (Å²) in [6.07, 6.45) is 0.502. The molecule has 0 saturated heterocycles. The summed E-state index contributed by atoms with van der Waals surface area (Å²) in [7, 11) is 0. The molecule has 1 aromatic carbocycles. The van der Waals surface area contributed by atoms with Crippen LogP contribution in [0, 0.1) is 6.92 Å². The van der Waals surface area contributed by atoms with Crippen LogP contribution >= 0.6 is 0 Å². The SMILES string of the molecule is Cc1nc(CN2Cc3ccccc3CC2C(=O)O)no1. The van der Waals surface area contributed by atoms with Crippen LogP contribution in [0.25, 0.3) is 0 Å². The van der Waals surface area contributed by atoms with E-state index in [2.05, 4.69) is 10.1 Å². The van der Waals surface area contributed by atoms with Crippen LogP contribution < -0.4 is 0 Å². The third kappa shape index (κ3) is 2.42. The summed E-state index contributed by atoms with van der Waals surface area (Å²) in [6, 6.07) is 7.37. The van der Waals surface area contributed by atoms with Gasteiger partial charge in [0, 0.05) is 13.5 Å². The van der Waals surface area contributed by atoms with Crippen molar-refractivity contribution >= 4 is 5.97 Å². The molecule has 20 heavy (non-hydrogen) atoms. The molecule has 0 aliphatic carbocycles. The second-order valence-corrected chi connectivity index (χ2v) is 4.96. The van der Waals surface area contributed by atoms with Crippen LogP contribution in [-0.2, 0) is 24.3 Å². The molecule has 0 radical (unpaired) electrons. The number of aromatic nitrogens is 2. The molecule has 104 valence electrons. The van der Waals surface area contributed by atoms with Crippen LogP contribution in [0.2, 0.25) is 0 Å². The molecule has 0 bridgehead atoms. The molecule has 1 atom stereocenters. The van der Waals surface area contributed by atoms with Gasteiger partial charge in [-0.15, -0.1) is 0 Å². The summed E-state index contributed by atoms with van der Waals surface area (Å²) < 4.78 is 4.94. The number of nitrogens with zero attached hydrogens (tertiary/aromatic N) is 3. The lowest BCUT2D eigenvalue weighted by molar-refractivity contribution is -0.144. The van der Waals surface area contributed by atoms with Gasteiger partial charge in [0.05, 0.1) is 6.54 Å². The number of hydrogen-bond donors (Lipinski definition) is 1. The quantitative estimate of drug-likeness (QED) is 0.910. The molecular formula is C14H15N3O3. The fourth-order valence-corrected chi connectivity index (χ4v) is 2.57. The van der Waals surface area contributed by atoms with Crippen molar-refractivity contribution in [1.82, 2.24) is 15.0 Å². The van der Waals surface area contributed by atoms with Gasteiger partial charge in [-0.3, -0.25) is 9.69 Å². The monoisotopic (exact) mass is 273 g/mol. The van der Waals surface area contributed by atoms with Crippen molar-refractivity contribution in [1.29, 1.82) is 0 Å². The minimum Gasteiger partial charge on any atom is -0.480 e. The van der Waals surface area contributed by atoms with E-state index in [1.165, 1.54) is 0 Å². The van der Waals surface area contributed by atoms with Crippen molar-refractivity contribution in [3.05, 3.63) is 47.1 Å². The number of benzene rings is 1. The van der Waals surface area contributed by atoms with Crippen LogP contribution in [0.1, 0.15) is 22.8 Å². The summed E-state index contributed by atoms with van der Waals surface area (Å²) in [6.45, 7) is 2.68. The fraction of sp³-hybridized carbons (Fsp3) is 0.357. The van der Waals surface area contributed by atoms with E-state index in [4.69, 9.17) is 4.52 Å². The molecule has 1 N–H and O–H groups in total. The molecular weight excluding hydrogens is 258 g/mol. The van der Waals surface area contributed by atoms with Crippen molar-refractivity contribution in [2.24, 2.45) is 0 Å². The lowest BCUT2D eigenvalue weighted by Crippen LogP contribution is -2.45. The minimum absolute atomic E-state index is 0.378. The minimum atomic E-state index is -0.820. The highest BCUT2D eigenvalue weighted by molar-refractivity contribution is 5.74. The molecule has 1 unspecified atom stereocenters. The molecule has 2 heterocycles. The van der Waals surface area contributed by atoms with Crippen LogP contribution in [0.15, 0.2) is 28.8 Å². The van der Waals surface area contributed by atoms with E-state index in [1.54, 1.807) is 6.92 Å². The maximum Gasteiger partial charge on any atom is 0.321 e. The first-order valence-corrected chi connectivity index (χ1v) is 6.46. The van der Waals surface area contributed by atoms with Crippen LogP contribution in [-0.4, -0.2) is 32.2 Å². The second-order valence-electron chi connectivity index (χ2n) is 4.96. The van der Waals surface area contributed by atoms with Gasteiger partial charge in [0.1, 0.15) is 6.04 Å². The molecule has 1 aliphatic rings. The summed E-state index contributed by atoms with van der Waals surface area (Å²) in [5.41, 5.74) is 2.26. The maximum atomic E-state index is 11.5. The van der Waals surface area contributed by atoms with Crippen molar-refractivity contribution in [3.8, 4) is 0 Å². The number of aliphatic carboxylic acids is 1. The molecule has 0 spiro atoms. The third-order valence-corrected chi connectivity index (χ3v) is 3.55. The van der Waals surface area contributed by atoms with E-state index in [0.717, 1.165) is 11.1 Å². The van der Waals surface area contributed by atoms with Crippen molar-refractivity contribution in [2.75, 3.05) is 0 Å². The third-order valence-electron chi connectivity index (χ3n) is 3.55. The normalized spacial score (nSPS) is 18.8. The highest BCUT2D eigenvalue weighted by Gasteiger charge is 2.32. The highest BCUT2D eigenvalue weighted by atomic mass is 16.5. The molecule has 2 aromatic rings. The lowest BCUT2D eigenvalue weighted by Gasteiger charge is -2.33. The number of fused-ring (bicyclic) bond motifs is 1. The Balaban J connectivity index is 1.86. The summed E-state index contributed by atoms with van der Waals surface area (Å²) in [5.74, 6) is 0.192. The molecule has 3 rings (SSSR count). The average molecular weight is 273 g/mol. The molecule has 6 nitrogen and oxygen atoms in total. The topological polar surface area (TPSA) is 79.5 Å². The van der Waals surface area contributed by atoms with Crippen LogP contribution in [0.3, 0.4) is 0 Å². The zero-order valence-electron chi connectivity index (χ0n) is 11.1. The number of aryl methyl sites for hydroxylation is 1. The van der Waals surface area contributed by atoms with Crippen LogP contribution in [0.4, 0.5) is 0 Å². The standard InChI is InChI=1S/C14H15N3O3/c1-9-15-13(16-20-9)8-17-7-11-5-3-2-4-10(11)6-12(17)14(18)19/h2-5,12H,6-8H2,1H3,(H,18,19). The van der Waals surface area contributed by atoms with Gasteiger partial charge >= 0.3 is 5.97 Å². The van der Waals surface area contributed by atoms with E-state index < -0.39 is 12.0 Å². The lowest BCUT2D eigenvalue weighted by atomic mass is 9.94. The average Bonchev–Trinajstić information content (AvgIpc) is 2.83. The Morgan fingerprint density at radius 2 is 2.20 bits per heavy atom. The van der Waals surface area contributed by atoms with E-state index in [9.17, 15) is 9.90 Å². The fourth-order valence-electron chi connectivity index (χ4n) is 2.57. The summed E-state index contributed by atoms with van der Waals surface area (Å²) >= 11 is 0. The first kappa shape index (κ1) is 12.8. The van der Waals surface area contributed by atoms with Crippen molar-refractivity contribution in [2.45, 2.75) is 32.5 Å². The summed E-state index contributed by atoms with van der Waals surface area (Å²) in [5, 5.41) is 13.3. The smallest absolute Gasteiger partial charge is 0.321 e. The van der Waals surface area contributed by atoms with E-state index in [1.807, 2.05) is 29.2 Å². The van der Waals surface area contributed by atoms with Gasteiger partial charge in [-0.05, 0) is 17.5 Å². The van der Waals surface area contributed by atoms with Gasteiger partial charge in [0.2, 0.25) is 5.89 Å².